The summed E-state index contributed by atoms with van der Waals surface area (Å²) in [6.07, 6.45) is 2.25. The number of para-hydroxylation sites is 1. The number of halogens is 1. The molecular formula is C15H19ClN2O2. The van der Waals surface area contributed by atoms with E-state index in [1.54, 1.807) is 17.0 Å². The van der Waals surface area contributed by atoms with Gasteiger partial charge in [-0.25, -0.2) is 0 Å². The van der Waals surface area contributed by atoms with Crippen molar-refractivity contribution in [2.45, 2.75) is 26.2 Å². The Morgan fingerprint density at radius 3 is 2.90 bits per heavy atom. The summed E-state index contributed by atoms with van der Waals surface area (Å²) in [6, 6.07) is 7.21. The molecule has 5 heteroatoms. The van der Waals surface area contributed by atoms with E-state index in [1.807, 2.05) is 12.1 Å². The normalized spacial score (nSPS) is 18.4. The molecule has 1 atom stereocenters. The third-order valence-electron chi connectivity index (χ3n) is 3.47. The van der Waals surface area contributed by atoms with E-state index < -0.39 is 0 Å². The van der Waals surface area contributed by atoms with Crippen LogP contribution in [-0.4, -0.2) is 24.9 Å². The van der Waals surface area contributed by atoms with E-state index in [0.717, 1.165) is 12.8 Å². The number of anilines is 1. The number of benzene rings is 1. The van der Waals surface area contributed by atoms with Crippen LogP contribution >= 0.6 is 11.6 Å². The first-order valence-electron chi connectivity index (χ1n) is 6.96. The molecular weight excluding hydrogens is 276 g/mol. The highest BCUT2D eigenvalue weighted by Gasteiger charge is 2.35. The molecule has 1 saturated heterocycles. The zero-order valence-electron chi connectivity index (χ0n) is 11.6. The molecule has 1 aromatic carbocycles. The maximum atomic E-state index is 12.1. The van der Waals surface area contributed by atoms with Crippen LogP contribution in [-0.2, 0) is 9.59 Å². The maximum Gasteiger partial charge on any atom is 0.227 e. The summed E-state index contributed by atoms with van der Waals surface area (Å²) >= 11 is 6.10. The van der Waals surface area contributed by atoms with Crippen molar-refractivity contribution in [1.29, 1.82) is 0 Å². The first kappa shape index (κ1) is 14.9. The Bertz CT molecular complexity index is 504. The van der Waals surface area contributed by atoms with Gasteiger partial charge in [-0.05, 0) is 18.6 Å². The van der Waals surface area contributed by atoms with Crippen LogP contribution in [0, 0.1) is 5.92 Å². The Kier molecular flexibility index (Phi) is 5.01. The lowest BCUT2D eigenvalue weighted by Gasteiger charge is -2.18. The number of unbranched alkanes of at least 4 members (excludes halogenated alkanes) is 1. The van der Waals surface area contributed by atoms with Gasteiger partial charge < -0.3 is 10.2 Å². The average molecular weight is 295 g/mol. The van der Waals surface area contributed by atoms with Gasteiger partial charge in [0.15, 0.2) is 0 Å². The second kappa shape index (κ2) is 6.75. The van der Waals surface area contributed by atoms with E-state index in [-0.39, 0.29) is 24.2 Å². The summed E-state index contributed by atoms with van der Waals surface area (Å²) in [7, 11) is 0. The quantitative estimate of drug-likeness (QED) is 0.849. The van der Waals surface area contributed by atoms with Crippen molar-refractivity contribution in [3.63, 3.8) is 0 Å². The number of nitrogens with one attached hydrogen (secondary N) is 1. The number of amides is 2. The fraction of sp³-hybridized carbons (Fsp3) is 0.467. The highest BCUT2D eigenvalue weighted by molar-refractivity contribution is 6.33. The third-order valence-corrected chi connectivity index (χ3v) is 3.79. The summed E-state index contributed by atoms with van der Waals surface area (Å²) in [6.45, 7) is 3.15. The lowest BCUT2D eigenvalue weighted by atomic mass is 10.1. The number of carbonyl (C=O) groups is 2. The van der Waals surface area contributed by atoms with Gasteiger partial charge in [0, 0.05) is 19.5 Å². The summed E-state index contributed by atoms with van der Waals surface area (Å²) < 4.78 is 0. The monoisotopic (exact) mass is 294 g/mol. The minimum absolute atomic E-state index is 0.0404. The molecule has 1 unspecified atom stereocenters. The summed E-state index contributed by atoms with van der Waals surface area (Å²) in [5.74, 6) is -0.370. The molecule has 20 heavy (non-hydrogen) atoms. The van der Waals surface area contributed by atoms with Gasteiger partial charge in [0.2, 0.25) is 11.8 Å². The minimum Gasteiger partial charge on any atom is -0.356 e. The smallest absolute Gasteiger partial charge is 0.227 e. The molecule has 2 amide bonds. The number of hydrogen-bond donors (Lipinski definition) is 1. The topological polar surface area (TPSA) is 49.4 Å². The zero-order valence-corrected chi connectivity index (χ0v) is 12.3. The molecule has 1 fully saturated rings. The van der Waals surface area contributed by atoms with Gasteiger partial charge in [-0.1, -0.05) is 37.1 Å². The zero-order chi connectivity index (χ0) is 14.5. The molecule has 0 saturated carbocycles. The van der Waals surface area contributed by atoms with Crippen molar-refractivity contribution in [2.24, 2.45) is 5.92 Å². The predicted octanol–water partition coefficient (Wildman–Crippen LogP) is 2.61. The van der Waals surface area contributed by atoms with Crippen molar-refractivity contribution in [1.82, 2.24) is 5.32 Å². The number of nitrogens with zero attached hydrogens (tertiary/aromatic N) is 1. The Hall–Kier alpha value is -1.55. The Labute approximate surface area is 124 Å². The van der Waals surface area contributed by atoms with E-state index in [2.05, 4.69) is 12.2 Å². The highest BCUT2D eigenvalue weighted by atomic mass is 35.5. The van der Waals surface area contributed by atoms with E-state index in [1.165, 1.54) is 0 Å². The van der Waals surface area contributed by atoms with Crippen LogP contribution in [0.2, 0.25) is 5.02 Å². The van der Waals surface area contributed by atoms with Crippen molar-refractivity contribution in [2.75, 3.05) is 18.0 Å². The summed E-state index contributed by atoms with van der Waals surface area (Å²) in [4.78, 5) is 25.7. The molecule has 0 radical (unpaired) electrons. The van der Waals surface area contributed by atoms with Gasteiger partial charge in [0.05, 0.1) is 16.6 Å². The lowest BCUT2D eigenvalue weighted by molar-refractivity contribution is -0.126. The van der Waals surface area contributed by atoms with Crippen LogP contribution in [0.25, 0.3) is 0 Å². The van der Waals surface area contributed by atoms with Gasteiger partial charge in [0.1, 0.15) is 0 Å². The molecule has 1 N–H and O–H groups in total. The SMILES string of the molecule is CCCCNC(=O)C1CC(=O)N(c2ccccc2Cl)C1. The maximum absolute atomic E-state index is 12.1. The van der Waals surface area contributed by atoms with Crippen LogP contribution in [0.5, 0.6) is 0 Å². The van der Waals surface area contributed by atoms with Gasteiger partial charge in [-0.15, -0.1) is 0 Å². The second-order valence-corrected chi connectivity index (χ2v) is 5.41. The molecule has 2 rings (SSSR count). The molecule has 1 aromatic rings. The summed E-state index contributed by atoms with van der Waals surface area (Å²) in [5, 5.41) is 3.42. The van der Waals surface area contributed by atoms with Gasteiger partial charge in [-0.3, -0.25) is 9.59 Å². The first-order chi connectivity index (χ1) is 9.63. The van der Waals surface area contributed by atoms with Gasteiger partial charge in [0.25, 0.3) is 0 Å². The van der Waals surface area contributed by atoms with E-state index in [0.29, 0.717) is 23.8 Å². The van der Waals surface area contributed by atoms with Crippen LogP contribution in [0.3, 0.4) is 0 Å². The molecule has 1 aliphatic rings. The molecule has 108 valence electrons. The Morgan fingerprint density at radius 1 is 1.45 bits per heavy atom. The van der Waals surface area contributed by atoms with Crippen LogP contribution < -0.4 is 10.2 Å². The fourth-order valence-electron chi connectivity index (χ4n) is 2.32. The molecule has 0 aliphatic carbocycles. The molecule has 1 heterocycles. The van der Waals surface area contributed by atoms with Gasteiger partial charge in [-0.2, -0.15) is 0 Å². The van der Waals surface area contributed by atoms with Crippen molar-refractivity contribution >= 4 is 29.1 Å². The molecule has 0 bridgehead atoms. The van der Waals surface area contributed by atoms with E-state index in [4.69, 9.17) is 11.6 Å². The minimum atomic E-state index is -0.282. The van der Waals surface area contributed by atoms with E-state index >= 15 is 0 Å². The Morgan fingerprint density at radius 2 is 2.20 bits per heavy atom. The molecule has 0 spiro atoms. The largest absolute Gasteiger partial charge is 0.356 e. The third kappa shape index (κ3) is 3.31. The molecule has 4 nitrogen and oxygen atoms in total. The fourth-order valence-corrected chi connectivity index (χ4v) is 2.56. The summed E-state index contributed by atoms with van der Waals surface area (Å²) in [5.41, 5.74) is 0.683. The van der Waals surface area contributed by atoms with Crippen molar-refractivity contribution in [3.8, 4) is 0 Å². The van der Waals surface area contributed by atoms with Crippen molar-refractivity contribution < 1.29 is 9.59 Å². The average Bonchev–Trinajstić information content (AvgIpc) is 2.81. The van der Waals surface area contributed by atoms with Crippen LogP contribution in [0.4, 0.5) is 5.69 Å². The number of carbonyl (C=O) groups excluding carboxylic acids is 2. The Balaban J connectivity index is 2.00. The van der Waals surface area contributed by atoms with Crippen LogP contribution in [0.1, 0.15) is 26.2 Å². The second-order valence-electron chi connectivity index (χ2n) is 5.00. The first-order valence-corrected chi connectivity index (χ1v) is 7.34. The van der Waals surface area contributed by atoms with Gasteiger partial charge >= 0.3 is 0 Å². The predicted molar refractivity (Wildman–Crippen MR) is 79.8 cm³/mol. The van der Waals surface area contributed by atoms with E-state index in [9.17, 15) is 9.59 Å². The lowest BCUT2D eigenvalue weighted by Crippen LogP contribution is -2.33. The number of hydrogen-bond acceptors (Lipinski definition) is 2. The standard InChI is InChI=1S/C15H19ClN2O2/c1-2-3-8-17-15(20)11-9-14(19)18(10-11)13-7-5-4-6-12(13)16/h4-7,11H,2-3,8-10H2,1H3,(H,17,20). The van der Waals surface area contributed by atoms with Crippen molar-refractivity contribution in [3.05, 3.63) is 29.3 Å². The van der Waals surface area contributed by atoms with Crippen LogP contribution in [0.15, 0.2) is 24.3 Å². The number of rotatable bonds is 5. The molecule has 0 aromatic heterocycles. The molecule has 1 aliphatic heterocycles. The highest BCUT2D eigenvalue weighted by Crippen LogP contribution is 2.30.